The van der Waals surface area contributed by atoms with E-state index in [9.17, 15) is 8.42 Å². The number of rotatable bonds is 5. The second-order valence-electron chi connectivity index (χ2n) is 6.16. The second kappa shape index (κ2) is 8.99. The van der Waals surface area contributed by atoms with Crippen LogP contribution in [0.5, 0.6) is 0 Å². The Labute approximate surface area is 182 Å². The van der Waals surface area contributed by atoms with Gasteiger partial charge in [0.1, 0.15) is 0 Å². The summed E-state index contributed by atoms with van der Waals surface area (Å²) in [4.78, 5) is 0.171. The van der Waals surface area contributed by atoms with Gasteiger partial charge in [0.2, 0.25) is 0 Å². The van der Waals surface area contributed by atoms with E-state index in [0.29, 0.717) is 11.3 Å². The molecule has 0 saturated heterocycles. The van der Waals surface area contributed by atoms with Gasteiger partial charge in [-0.15, -0.1) is 0 Å². The second-order valence-corrected chi connectivity index (χ2v) is 9.59. The number of nitrogens with zero attached hydrogens (tertiary/aromatic N) is 1. The van der Waals surface area contributed by atoms with E-state index in [1.165, 1.54) is 0 Å². The summed E-state index contributed by atoms with van der Waals surface area (Å²) in [6, 6.07) is 21.8. The molecule has 142 valence electrons. The Hall–Kier alpha value is -2.02. The molecule has 0 unspecified atom stereocenters. The Kier molecular flexibility index (Phi) is 6.65. The van der Waals surface area contributed by atoms with E-state index in [4.69, 9.17) is 0 Å². The lowest BCUT2D eigenvalue weighted by Crippen LogP contribution is -2.04. The summed E-state index contributed by atoms with van der Waals surface area (Å²) < 4.78 is 31.6. The van der Waals surface area contributed by atoms with Gasteiger partial charge < -0.3 is 0 Å². The molecule has 0 bridgehead atoms. The average molecular weight is 519 g/mol. The predicted molar refractivity (Wildman–Crippen MR) is 122 cm³/mol. The van der Waals surface area contributed by atoms with E-state index in [1.807, 2.05) is 61.5 Å². The summed E-state index contributed by atoms with van der Waals surface area (Å²) in [5, 5.41) is 0. The highest BCUT2D eigenvalue weighted by molar-refractivity contribution is 9.10. The SMILES string of the molecule is Cc1ccc(S(=O)(=O)N=C(/C=C/c2ccc(Br)cc2)c2ccc(Br)cc2)cc1. The standard InChI is InChI=1S/C22H17Br2NO2S/c1-16-2-13-21(14-3-16)28(26,27)25-22(18-7-11-20(24)12-8-18)15-6-17-4-9-19(23)10-5-17/h2-15H,1H3/b15-6+,25-22?. The summed E-state index contributed by atoms with van der Waals surface area (Å²) in [5.41, 5.74) is 3.02. The number of benzene rings is 3. The van der Waals surface area contributed by atoms with Crippen LogP contribution in [-0.4, -0.2) is 14.1 Å². The Morgan fingerprint density at radius 1 is 0.821 bits per heavy atom. The van der Waals surface area contributed by atoms with Crippen LogP contribution in [0.2, 0.25) is 0 Å². The number of sulfonamides is 1. The molecule has 3 aromatic carbocycles. The summed E-state index contributed by atoms with van der Waals surface area (Å²) in [5.74, 6) is 0. The van der Waals surface area contributed by atoms with Crippen LogP contribution in [0.3, 0.4) is 0 Å². The van der Waals surface area contributed by atoms with E-state index < -0.39 is 10.0 Å². The van der Waals surface area contributed by atoms with Gasteiger partial charge in [0.25, 0.3) is 10.0 Å². The molecule has 0 fully saturated rings. The van der Waals surface area contributed by atoms with Crippen molar-refractivity contribution in [1.82, 2.24) is 0 Å². The van der Waals surface area contributed by atoms with E-state index in [0.717, 1.165) is 20.1 Å². The third-order valence-corrected chi connectivity index (χ3v) is 6.34. The van der Waals surface area contributed by atoms with Gasteiger partial charge in [-0.05, 0) is 55.0 Å². The maximum atomic E-state index is 12.8. The number of aryl methyl sites for hydroxylation is 1. The molecule has 0 aromatic heterocycles. The van der Waals surface area contributed by atoms with Gasteiger partial charge in [0.05, 0.1) is 10.6 Å². The maximum absolute atomic E-state index is 12.8. The fourth-order valence-electron chi connectivity index (χ4n) is 2.44. The summed E-state index contributed by atoms with van der Waals surface area (Å²) >= 11 is 6.81. The normalized spacial score (nSPS) is 12.5. The van der Waals surface area contributed by atoms with Crippen LogP contribution in [0.15, 0.2) is 97.1 Å². The molecule has 0 aliphatic rings. The van der Waals surface area contributed by atoms with Crippen molar-refractivity contribution in [3.8, 4) is 0 Å². The minimum absolute atomic E-state index is 0.171. The zero-order valence-electron chi connectivity index (χ0n) is 15.0. The van der Waals surface area contributed by atoms with Gasteiger partial charge in [-0.25, -0.2) is 0 Å². The highest BCUT2D eigenvalue weighted by atomic mass is 79.9. The zero-order valence-corrected chi connectivity index (χ0v) is 19.0. The first kappa shape index (κ1) is 20.7. The third kappa shape index (κ3) is 5.50. The number of hydrogen-bond donors (Lipinski definition) is 0. The molecule has 0 radical (unpaired) electrons. The van der Waals surface area contributed by atoms with Crippen LogP contribution < -0.4 is 0 Å². The predicted octanol–water partition coefficient (Wildman–Crippen LogP) is 6.41. The fourth-order valence-corrected chi connectivity index (χ4v) is 3.98. The minimum Gasteiger partial charge on any atom is -0.199 e. The van der Waals surface area contributed by atoms with Gasteiger partial charge in [0.15, 0.2) is 0 Å². The molecule has 0 saturated carbocycles. The number of hydrogen-bond acceptors (Lipinski definition) is 2. The summed E-state index contributed by atoms with van der Waals surface area (Å²) in [6.07, 6.45) is 3.57. The summed E-state index contributed by atoms with van der Waals surface area (Å²) in [7, 11) is -3.83. The molecule has 3 nitrogen and oxygen atoms in total. The molecular formula is C22H17Br2NO2S. The Morgan fingerprint density at radius 3 is 1.93 bits per heavy atom. The molecule has 0 heterocycles. The van der Waals surface area contributed by atoms with E-state index in [1.54, 1.807) is 30.3 Å². The van der Waals surface area contributed by atoms with Crippen molar-refractivity contribution in [2.45, 2.75) is 11.8 Å². The molecule has 0 aliphatic heterocycles. The van der Waals surface area contributed by atoms with E-state index in [-0.39, 0.29) is 4.90 Å². The van der Waals surface area contributed by atoms with Crippen molar-refractivity contribution in [1.29, 1.82) is 0 Å². The maximum Gasteiger partial charge on any atom is 0.282 e. The molecule has 0 amide bonds. The molecule has 28 heavy (non-hydrogen) atoms. The van der Waals surface area contributed by atoms with Crippen molar-refractivity contribution < 1.29 is 8.42 Å². The smallest absolute Gasteiger partial charge is 0.199 e. The minimum atomic E-state index is -3.83. The highest BCUT2D eigenvalue weighted by Gasteiger charge is 2.14. The molecule has 0 atom stereocenters. The van der Waals surface area contributed by atoms with E-state index >= 15 is 0 Å². The molecule has 0 aliphatic carbocycles. The molecular weight excluding hydrogens is 502 g/mol. The van der Waals surface area contributed by atoms with Crippen molar-refractivity contribution >= 4 is 53.7 Å². The van der Waals surface area contributed by atoms with Crippen LogP contribution in [0, 0.1) is 6.92 Å². The molecule has 6 heteroatoms. The average Bonchev–Trinajstić information content (AvgIpc) is 2.67. The first-order valence-corrected chi connectivity index (χ1v) is 11.5. The van der Waals surface area contributed by atoms with Crippen LogP contribution in [-0.2, 0) is 10.0 Å². The van der Waals surface area contributed by atoms with Crippen LogP contribution in [0.1, 0.15) is 16.7 Å². The highest BCUT2D eigenvalue weighted by Crippen LogP contribution is 2.18. The Morgan fingerprint density at radius 2 is 1.36 bits per heavy atom. The first-order chi connectivity index (χ1) is 13.3. The molecule has 3 rings (SSSR count). The van der Waals surface area contributed by atoms with Crippen LogP contribution >= 0.6 is 31.9 Å². The van der Waals surface area contributed by atoms with Gasteiger partial charge >= 0.3 is 0 Å². The van der Waals surface area contributed by atoms with Gasteiger partial charge in [-0.1, -0.05) is 79.9 Å². The lowest BCUT2D eigenvalue weighted by molar-refractivity contribution is 0.598. The summed E-state index contributed by atoms with van der Waals surface area (Å²) in [6.45, 7) is 1.91. The van der Waals surface area contributed by atoms with Gasteiger partial charge in [-0.3, -0.25) is 0 Å². The van der Waals surface area contributed by atoms with Crippen LogP contribution in [0.4, 0.5) is 0 Å². The number of allylic oxidation sites excluding steroid dienone is 1. The van der Waals surface area contributed by atoms with Crippen molar-refractivity contribution in [2.24, 2.45) is 4.40 Å². The van der Waals surface area contributed by atoms with Gasteiger partial charge in [0, 0.05) is 14.5 Å². The zero-order chi connectivity index (χ0) is 20.1. The fraction of sp³-hybridized carbons (Fsp3) is 0.0455. The topological polar surface area (TPSA) is 46.5 Å². The Balaban J connectivity index is 2.04. The lowest BCUT2D eigenvalue weighted by atomic mass is 10.1. The van der Waals surface area contributed by atoms with Gasteiger partial charge in [-0.2, -0.15) is 12.8 Å². The Bertz CT molecular complexity index is 1120. The molecule has 0 spiro atoms. The quantitative estimate of drug-likeness (QED) is 0.366. The van der Waals surface area contributed by atoms with E-state index in [2.05, 4.69) is 36.3 Å². The lowest BCUT2D eigenvalue weighted by Gasteiger charge is -2.05. The largest absolute Gasteiger partial charge is 0.282 e. The molecule has 3 aromatic rings. The number of halogens is 2. The first-order valence-electron chi connectivity index (χ1n) is 8.45. The van der Waals surface area contributed by atoms with Crippen molar-refractivity contribution in [3.05, 3.63) is 105 Å². The van der Waals surface area contributed by atoms with Crippen LogP contribution in [0.25, 0.3) is 6.08 Å². The molecule has 0 N–H and O–H groups in total. The van der Waals surface area contributed by atoms with Crippen molar-refractivity contribution in [3.63, 3.8) is 0 Å². The monoisotopic (exact) mass is 517 g/mol. The third-order valence-electron chi connectivity index (χ3n) is 3.98. The van der Waals surface area contributed by atoms with Crippen molar-refractivity contribution in [2.75, 3.05) is 0 Å².